The number of hydrogen-bond donors (Lipinski definition) is 1. The average molecular weight is 441 g/mol. The highest BCUT2D eigenvalue weighted by molar-refractivity contribution is 7.80. The van der Waals surface area contributed by atoms with Crippen molar-refractivity contribution < 1.29 is 9.31 Å². The smallest absolute Gasteiger partial charge is 0.399 e. The topological polar surface area (TPSA) is 47.5 Å². The number of fused-ring (bicyclic) bond motifs is 2. The van der Waals surface area contributed by atoms with E-state index in [0.29, 0.717) is 0 Å². The van der Waals surface area contributed by atoms with Gasteiger partial charge in [0.15, 0.2) is 0 Å². The molecular formula is C24H36BN3O2S. The molecule has 3 heterocycles. The third-order valence-electron chi connectivity index (χ3n) is 6.58. The maximum atomic E-state index is 6.10. The standard InChI is InChI=1S/C20H24BN3O2S.2C2H6/c1-18(2)19(3,4)26-21(25-18)13-10-22-17(23-11-13)24-12-20(7-8-20)15-6-5-14(27)9-16(15)24;2*1-2/h5-6,9-11,27H,7-8,12H2,1-4H3;2*1-2H3. The molecule has 1 saturated carbocycles. The van der Waals surface area contributed by atoms with Crippen LogP contribution in [0.3, 0.4) is 0 Å². The molecule has 0 radical (unpaired) electrons. The second-order valence-electron chi connectivity index (χ2n) is 8.97. The van der Waals surface area contributed by atoms with E-state index >= 15 is 0 Å². The van der Waals surface area contributed by atoms with Crippen LogP contribution in [-0.4, -0.2) is 34.8 Å². The van der Waals surface area contributed by atoms with Crippen molar-refractivity contribution in [2.24, 2.45) is 0 Å². The second kappa shape index (κ2) is 8.76. The Balaban J connectivity index is 0.000000645. The molecule has 2 aliphatic heterocycles. The molecule has 0 N–H and O–H groups in total. The van der Waals surface area contributed by atoms with Crippen LogP contribution in [0.15, 0.2) is 35.5 Å². The third-order valence-corrected chi connectivity index (χ3v) is 6.86. The second-order valence-corrected chi connectivity index (χ2v) is 9.49. The van der Waals surface area contributed by atoms with Gasteiger partial charge in [-0.3, -0.25) is 0 Å². The van der Waals surface area contributed by atoms with Crippen LogP contribution in [0.25, 0.3) is 0 Å². The van der Waals surface area contributed by atoms with Crippen LogP contribution >= 0.6 is 12.6 Å². The summed E-state index contributed by atoms with van der Waals surface area (Å²) >= 11 is 4.52. The van der Waals surface area contributed by atoms with Gasteiger partial charge in [0.1, 0.15) is 0 Å². The highest BCUT2D eigenvalue weighted by Gasteiger charge is 2.53. The monoisotopic (exact) mass is 441 g/mol. The summed E-state index contributed by atoms with van der Waals surface area (Å²) in [7, 11) is -0.436. The predicted molar refractivity (Wildman–Crippen MR) is 132 cm³/mol. The lowest BCUT2D eigenvalue weighted by molar-refractivity contribution is 0.00578. The molecule has 0 bridgehead atoms. The van der Waals surface area contributed by atoms with Crippen LogP contribution < -0.4 is 10.4 Å². The van der Waals surface area contributed by atoms with Gasteiger partial charge in [-0.1, -0.05) is 33.8 Å². The van der Waals surface area contributed by atoms with Gasteiger partial charge in [0.25, 0.3) is 0 Å². The normalized spacial score (nSPS) is 21.1. The largest absolute Gasteiger partial charge is 0.498 e. The van der Waals surface area contributed by atoms with Crippen molar-refractivity contribution in [3.63, 3.8) is 0 Å². The molecule has 2 aromatic rings. The minimum Gasteiger partial charge on any atom is -0.399 e. The molecule has 1 spiro atoms. The Morgan fingerprint density at radius 1 is 0.935 bits per heavy atom. The first kappa shape index (κ1) is 24.1. The zero-order chi connectivity index (χ0) is 23.0. The van der Waals surface area contributed by atoms with Gasteiger partial charge in [-0.15, -0.1) is 12.6 Å². The van der Waals surface area contributed by atoms with E-state index in [2.05, 4.69) is 45.7 Å². The van der Waals surface area contributed by atoms with Gasteiger partial charge in [0, 0.05) is 40.4 Å². The Kier molecular flexibility index (Phi) is 6.80. The minimum absolute atomic E-state index is 0.282. The summed E-state index contributed by atoms with van der Waals surface area (Å²) < 4.78 is 12.2. The van der Waals surface area contributed by atoms with E-state index in [1.54, 1.807) is 0 Å². The minimum atomic E-state index is -0.436. The SMILES string of the molecule is CC.CC.CC1(C)OB(c2cnc(N3CC4(CC4)c4ccc(S)cc43)nc2)OC1(C)C. The molecule has 7 heteroatoms. The number of rotatable bonds is 2. The first-order valence-electron chi connectivity index (χ1n) is 11.5. The molecule has 0 atom stereocenters. The van der Waals surface area contributed by atoms with Gasteiger partial charge in [-0.2, -0.15) is 0 Å². The quantitative estimate of drug-likeness (QED) is 0.506. The summed E-state index contributed by atoms with van der Waals surface area (Å²) in [4.78, 5) is 12.5. The number of anilines is 2. The van der Waals surface area contributed by atoms with Crippen molar-refractivity contribution in [1.29, 1.82) is 0 Å². The van der Waals surface area contributed by atoms with Gasteiger partial charge in [0.05, 0.1) is 11.2 Å². The first-order valence-corrected chi connectivity index (χ1v) is 11.9. The fourth-order valence-corrected chi connectivity index (χ4v) is 4.19. The Morgan fingerprint density at radius 3 is 2.00 bits per heavy atom. The maximum Gasteiger partial charge on any atom is 0.498 e. The highest BCUT2D eigenvalue weighted by Crippen LogP contribution is 2.57. The van der Waals surface area contributed by atoms with Gasteiger partial charge >= 0.3 is 7.12 Å². The summed E-state index contributed by atoms with van der Waals surface area (Å²) in [5.41, 5.74) is 2.98. The molecular weight excluding hydrogens is 405 g/mol. The van der Waals surface area contributed by atoms with Crippen LogP contribution in [0.5, 0.6) is 0 Å². The number of nitrogens with zero attached hydrogens (tertiary/aromatic N) is 3. The summed E-state index contributed by atoms with van der Waals surface area (Å²) in [5.74, 6) is 0.722. The van der Waals surface area contributed by atoms with Gasteiger partial charge in [0.2, 0.25) is 5.95 Å². The zero-order valence-electron chi connectivity index (χ0n) is 20.2. The molecule has 1 aliphatic carbocycles. The molecule has 1 aromatic carbocycles. The fourth-order valence-electron chi connectivity index (χ4n) is 3.99. The molecule has 3 aliphatic rings. The van der Waals surface area contributed by atoms with E-state index in [4.69, 9.17) is 9.31 Å². The van der Waals surface area contributed by atoms with Crippen molar-refractivity contribution >= 4 is 36.8 Å². The number of benzene rings is 1. The van der Waals surface area contributed by atoms with Crippen molar-refractivity contribution in [1.82, 2.24) is 9.97 Å². The van der Waals surface area contributed by atoms with E-state index in [0.717, 1.165) is 22.9 Å². The molecule has 31 heavy (non-hydrogen) atoms. The van der Waals surface area contributed by atoms with Crippen molar-refractivity contribution in [2.75, 3.05) is 11.4 Å². The van der Waals surface area contributed by atoms with Crippen LogP contribution in [0.1, 0.15) is 73.8 Å². The molecule has 0 unspecified atom stereocenters. The van der Waals surface area contributed by atoms with E-state index in [-0.39, 0.29) is 16.6 Å². The van der Waals surface area contributed by atoms with Crippen LogP contribution in [0.4, 0.5) is 11.6 Å². The molecule has 1 aromatic heterocycles. The Hall–Kier alpha value is -1.57. The van der Waals surface area contributed by atoms with Crippen molar-refractivity contribution in [2.45, 2.75) is 89.7 Å². The molecule has 5 rings (SSSR count). The predicted octanol–water partition coefficient (Wildman–Crippen LogP) is 5.30. The lowest BCUT2D eigenvalue weighted by Gasteiger charge is -2.32. The van der Waals surface area contributed by atoms with Crippen molar-refractivity contribution in [3.8, 4) is 0 Å². The molecule has 0 amide bonds. The van der Waals surface area contributed by atoms with Crippen LogP contribution in [0, 0.1) is 0 Å². The summed E-state index contributed by atoms with van der Waals surface area (Å²) in [6.07, 6.45) is 6.11. The van der Waals surface area contributed by atoms with E-state index in [9.17, 15) is 0 Å². The molecule has 2 fully saturated rings. The fraction of sp³-hybridized carbons (Fsp3) is 0.583. The van der Waals surface area contributed by atoms with Crippen LogP contribution in [0.2, 0.25) is 0 Å². The summed E-state index contributed by atoms with van der Waals surface area (Å²) in [5, 5.41) is 0. The Bertz CT molecular complexity index is 898. The lowest BCUT2D eigenvalue weighted by atomic mass is 9.81. The maximum absolute atomic E-state index is 6.10. The third kappa shape index (κ3) is 4.24. The van der Waals surface area contributed by atoms with Gasteiger partial charge < -0.3 is 14.2 Å². The van der Waals surface area contributed by atoms with E-state index in [1.165, 1.54) is 24.1 Å². The van der Waals surface area contributed by atoms with Gasteiger partial charge in [-0.25, -0.2) is 9.97 Å². The van der Waals surface area contributed by atoms with Gasteiger partial charge in [-0.05, 0) is 58.2 Å². The van der Waals surface area contributed by atoms with E-state index in [1.807, 2.05) is 67.8 Å². The first-order chi connectivity index (χ1) is 14.7. The number of hydrogen-bond acceptors (Lipinski definition) is 6. The Morgan fingerprint density at radius 2 is 1.48 bits per heavy atom. The number of aromatic nitrogens is 2. The summed E-state index contributed by atoms with van der Waals surface area (Å²) in [6.45, 7) is 17.1. The summed E-state index contributed by atoms with van der Waals surface area (Å²) in [6, 6.07) is 6.41. The van der Waals surface area contributed by atoms with Crippen molar-refractivity contribution in [3.05, 3.63) is 36.2 Å². The Labute approximate surface area is 193 Å². The van der Waals surface area contributed by atoms with E-state index < -0.39 is 7.12 Å². The lowest BCUT2D eigenvalue weighted by Crippen LogP contribution is -2.41. The van der Waals surface area contributed by atoms with Crippen LogP contribution in [-0.2, 0) is 14.7 Å². The average Bonchev–Trinajstić information content (AvgIpc) is 3.41. The molecule has 5 nitrogen and oxygen atoms in total. The number of thiol groups is 1. The molecule has 1 saturated heterocycles. The zero-order valence-corrected chi connectivity index (χ0v) is 21.1. The highest BCUT2D eigenvalue weighted by atomic mass is 32.1. The molecule has 168 valence electrons.